The lowest BCUT2D eigenvalue weighted by Crippen LogP contribution is -2.31. The van der Waals surface area contributed by atoms with Crippen LogP contribution in [0.1, 0.15) is 5.56 Å². The number of benzene rings is 1. The third kappa shape index (κ3) is 4.83. The van der Waals surface area contributed by atoms with Gasteiger partial charge >= 0.3 is 0 Å². The maximum absolute atomic E-state index is 5.54. The standard InChI is InChI=1S/C11H15N3O/c1-2-8-15-14-11(12)13-9-10-6-4-3-5-7-10/h2-7H,1,8-9H2,(H3,12,13,14). The van der Waals surface area contributed by atoms with Gasteiger partial charge in [0.25, 0.3) is 0 Å². The Morgan fingerprint density at radius 2 is 2.20 bits per heavy atom. The molecule has 1 aromatic carbocycles. The Bertz CT molecular complexity index is 322. The molecular weight excluding hydrogens is 190 g/mol. The SMILES string of the molecule is C=CCONC(N)=NCc1ccccc1. The lowest BCUT2D eigenvalue weighted by atomic mass is 10.2. The van der Waals surface area contributed by atoms with Crippen LogP contribution < -0.4 is 11.2 Å². The number of nitrogens with one attached hydrogen (secondary N) is 1. The van der Waals surface area contributed by atoms with E-state index in [1.165, 1.54) is 0 Å². The molecule has 0 saturated carbocycles. The summed E-state index contributed by atoms with van der Waals surface area (Å²) in [5.41, 5.74) is 9.15. The molecule has 0 heterocycles. The number of hydrogen-bond donors (Lipinski definition) is 2. The monoisotopic (exact) mass is 205 g/mol. The van der Waals surface area contributed by atoms with E-state index in [1.54, 1.807) is 6.08 Å². The van der Waals surface area contributed by atoms with Crippen LogP contribution >= 0.6 is 0 Å². The second kappa shape index (κ2) is 6.62. The van der Waals surface area contributed by atoms with Crippen molar-refractivity contribution in [3.63, 3.8) is 0 Å². The van der Waals surface area contributed by atoms with Crippen molar-refractivity contribution in [2.24, 2.45) is 10.7 Å². The maximum atomic E-state index is 5.54. The molecule has 0 bridgehead atoms. The molecule has 0 aromatic heterocycles. The summed E-state index contributed by atoms with van der Waals surface area (Å²) in [6.45, 7) is 4.43. The Morgan fingerprint density at radius 1 is 1.47 bits per heavy atom. The summed E-state index contributed by atoms with van der Waals surface area (Å²) < 4.78 is 0. The summed E-state index contributed by atoms with van der Waals surface area (Å²) in [6.07, 6.45) is 1.62. The Kier molecular flexibility index (Phi) is 4.97. The van der Waals surface area contributed by atoms with E-state index < -0.39 is 0 Å². The number of guanidine groups is 1. The molecule has 0 spiro atoms. The van der Waals surface area contributed by atoms with E-state index in [9.17, 15) is 0 Å². The van der Waals surface area contributed by atoms with Gasteiger partial charge in [-0.1, -0.05) is 36.4 Å². The maximum Gasteiger partial charge on any atom is 0.213 e. The van der Waals surface area contributed by atoms with Gasteiger partial charge in [-0.05, 0) is 5.56 Å². The molecule has 4 heteroatoms. The molecule has 0 fully saturated rings. The molecule has 0 radical (unpaired) electrons. The molecule has 0 aliphatic heterocycles. The first-order valence-corrected chi connectivity index (χ1v) is 4.65. The van der Waals surface area contributed by atoms with E-state index in [1.807, 2.05) is 30.3 Å². The largest absolute Gasteiger partial charge is 0.368 e. The van der Waals surface area contributed by atoms with Gasteiger partial charge in [-0.15, -0.1) is 6.58 Å². The van der Waals surface area contributed by atoms with Crippen LogP contribution in [-0.4, -0.2) is 12.6 Å². The van der Waals surface area contributed by atoms with Gasteiger partial charge in [-0.25, -0.2) is 10.5 Å². The predicted octanol–water partition coefficient (Wildman–Crippen LogP) is 1.21. The van der Waals surface area contributed by atoms with Crippen molar-refractivity contribution in [3.8, 4) is 0 Å². The van der Waals surface area contributed by atoms with Crippen LogP contribution in [-0.2, 0) is 11.4 Å². The van der Waals surface area contributed by atoms with Gasteiger partial charge in [0.15, 0.2) is 0 Å². The van der Waals surface area contributed by atoms with Crippen molar-refractivity contribution in [1.82, 2.24) is 5.48 Å². The molecule has 0 unspecified atom stereocenters. The zero-order valence-corrected chi connectivity index (χ0v) is 8.52. The van der Waals surface area contributed by atoms with E-state index in [0.717, 1.165) is 5.56 Å². The summed E-state index contributed by atoms with van der Waals surface area (Å²) in [5.74, 6) is 0.265. The summed E-state index contributed by atoms with van der Waals surface area (Å²) in [4.78, 5) is 9.00. The van der Waals surface area contributed by atoms with Gasteiger partial charge < -0.3 is 5.73 Å². The highest BCUT2D eigenvalue weighted by molar-refractivity contribution is 5.76. The predicted molar refractivity (Wildman–Crippen MR) is 61.1 cm³/mol. The third-order valence-corrected chi connectivity index (χ3v) is 1.65. The highest BCUT2D eigenvalue weighted by atomic mass is 16.6. The Balaban J connectivity index is 2.33. The average Bonchev–Trinajstić information content (AvgIpc) is 2.28. The highest BCUT2D eigenvalue weighted by Gasteiger charge is 1.91. The lowest BCUT2D eigenvalue weighted by molar-refractivity contribution is 0.109. The quantitative estimate of drug-likeness (QED) is 0.250. The van der Waals surface area contributed by atoms with Gasteiger partial charge in [0.05, 0.1) is 13.2 Å². The van der Waals surface area contributed by atoms with Crippen molar-refractivity contribution >= 4 is 5.96 Å². The van der Waals surface area contributed by atoms with Crippen LogP contribution in [0, 0.1) is 0 Å². The Hall–Kier alpha value is -1.81. The molecule has 1 rings (SSSR count). The molecule has 1 aromatic rings. The van der Waals surface area contributed by atoms with Crippen LogP contribution in [0.15, 0.2) is 48.0 Å². The van der Waals surface area contributed by atoms with Crippen molar-refractivity contribution in [1.29, 1.82) is 0 Å². The van der Waals surface area contributed by atoms with Crippen LogP contribution in [0.25, 0.3) is 0 Å². The molecule has 0 aliphatic carbocycles. The van der Waals surface area contributed by atoms with Gasteiger partial charge in [0, 0.05) is 0 Å². The normalized spacial score (nSPS) is 11.1. The fraction of sp³-hybridized carbons (Fsp3) is 0.182. The van der Waals surface area contributed by atoms with Crippen molar-refractivity contribution in [2.45, 2.75) is 6.54 Å². The van der Waals surface area contributed by atoms with Crippen LogP contribution in [0.5, 0.6) is 0 Å². The molecule has 3 N–H and O–H groups in total. The number of hydrogen-bond acceptors (Lipinski definition) is 2. The first-order valence-electron chi connectivity index (χ1n) is 4.65. The van der Waals surface area contributed by atoms with Crippen molar-refractivity contribution in [2.75, 3.05) is 6.61 Å². The molecule has 0 aliphatic rings. The first-order chi connectivity index (χ1) is 7.33. The van der Waals surface area contributed by atoms with Crippen LogP contribution in [0.2, 0.25) is 0 Å². The summed E-state index contributed by atoms with van der Waals surface area (Å²) in [7, 11) is 0. The van der Waals surface area contributed by atoms with E-state index >= 15 is 0 Å². The average molecular weight is 205 g/mol. The van der Waals surface area contributed by atoms with Crippen LogP contribution in [0.3, 0.4) is 0 Å². The van der Waals surface area contributed by atoms with E-state index in [-0.39, 0.29) is 5.96 Å². The van der Waals surface area contributed by atoms with Crippen molar-refractivity contribution < 1.29 is 4.84 Å². The minimum Gasteiger partial charge on any atom is -0.368 e. The zero-order valence-electron chi connectivity index (χ0n) is 8.52. The van der Waals surface area contributed by atoms with E-state index in [2.05, 4.69) is 17.1 Å². The molecule has 15 heavy (non-hydrogen) atoms. The Labute approximate surface area is 89.4 Å². The lowest BCUT2D eigenvalue weighted by Gasteiger charge is -2.03. The summed E-state index contributed by atoms with van der Waals surface area (Å²) >= 11 is 0. The zero-order chi connectivity index (χ0) is 10.9. The smallest absolute Gasteiger partial charge is 0.213 e. The molecular formula is C11H15N3O. The third-order valence-electron chi connectivity index (χ3n) is 1.65. The topological polar surface area (TPSA) is 59.6 Å². The fourth-order valence-corrected chi connectivity index (χ4v) is 0.967. The first kappa shape index (κ1) is 11.3. The number of rotatable bonds is 5. The molecule has 0 atom stereocenters. The van der Waals surface area contributed by atoms with Crippen LogP contribution in [0.4, 0.5) is 0 Å². The van der Waals surface area contributed by atoms with Gasteiger partial charge in [0.1, 0.15) is 0 Å². The van der Waals surface area contributed by atoms with Gasteiger partial charge in [-0.2, -0.15) is 0 Å². The van der Waals surface area contributed by atoms with Gasteiger partial charge in [-0.3, -0.25) is 4.84 Å². The summed E-state index contributed by atoms with van der Waals surface area (Å²) in [6, 6.07) is 9.86. The minimum absolute atomic E-state index is 0.265. The van der Waals surface area contributed by atoms with E-state index in [0.29, 0.717) is 13.2 Å². The highest BCUT2D eigenvalue weighted by Crippen LogP contribution is 1.99. The molecule has 80 valence electrons. The van der Waals surface area contributed by atoms with E-state index in [4.69, 9.17) is 10.6 Å². The number of aliphatic imine (C=N–C) groups is 1. The second-order valence-electron chi connectivity index (χ2n) is 2.89. The second-order valence-corrected chi connectivity index (χ2v) is 2.89. The minimum atomic E-state index is 0.265. The number of nitrogens with zero attached hydrogens (tertiary/aromatic N) is 1. The molecule has 0 saturated heterocycles. The molecule has 0 amide bonds. The number of nitrogens with two attached hydrogens (primary N) is 1. The number of hydroxylamine groups is 1. The van der Waals surface area contributed by atoms with Crippen molar-refractivity contribution in [3.05, 3.63) is 48.6 Å². The molecule has 4 nitrogen and oxygen atoms in total. The fourth-order valence-electron chi connectivity index (χ4n) is 0.967. The summed E-state index contributed by atoms with van der Waals surface area (Å²) in [5, 5.41) is 0. The van der Waals surface area contributed by atoms with Gasteiger partial charge in [0.2, 0.25) is 5.96 Å². The Morgan fingerprint density at radius 3 is 2.87 bits per heavy atom.